The third kappa shape index (κ3) is 3.53. The predicted molar refractivity (Wildman–Crippen MR) is 102 cm³/mol. The molecule has 1 aromatic carbocycles. The van der Waals surface area contributed by atoms with Gasteiger partial charge in [-0.25, -0.2) is 0 Å². The molecule has 0 radical (unpaired) electrons. The van der Waals surface area contributed by atoms with Gasteiger partial charge >= 0.3 is 0 Å². The van der Waals surface area contributed by atoms with E-state index in [-0.39, 0.29) is 11.3 Å². The lowest BCUT2D eigenvalue weighted by Crippen LogP contribution is -2.44. The van der Waals surface area contributed by atoms with E-state index in [9.17, 15) is 9.59 Å². The maximum Gasteiger partial charge on any atom is 0.224 e. The standard InChI is InChI=1S/C21H27N3O2/c1-15-6-8-16(9-7-15)24(17-10-11-17)21(26)12-13-23-19-5-3-2-4-18(19)20(25)14-22-23/h2-5,14-17H,6-13H2,1H3. The van der Waals surface area contributed by atoms with E-state index in [0.717, 1.165) is 37.1 Å². The minimum Gasteiger partial charge on any atom is -0.337 e. The van der Waals surface area contributed by atoms with Gasteiger partial charge in [-0.2, -0.15) is 5.10 Å². The number of aromatic nitrogens is 2. The van der Waals surface area contributed by atoms with Gasteiger partial charge in [0.05, 0.1) is 18.3 Å². The van der Waals surface area contributed by atoms with E-state index in [2.05, 4.69) is 16.9 Å². The van der Waals surface area contributed by atoms with Crippen molar-refractivity contribution in [1.29, 1.82) is 0 Å². The lowest BCUT2D eigenvalue weighted by molar-refractivity contribution is -0.135. The molecule has 2 aliphatic rings. The second-order valence-corrected chi connectivity index (χ2v) is 7.94. The molecule has 0 aliphatic heterocycles. The fourth-order valence-electron chi connectivity index (χ4n) is 4.25. The third-order valence-corrected chi connectivity index (χ3v) is 5.91. The molecule has 1 aromatic heterocycles. The Balaban J connectivity index is 1.48. The second kappa shape index (κ2) is 7.22. The number of aryl methyl sites for hydroxylation is 1. The molecule has 4 rings (SSSR count). The highest BCUT2D eigenvalue weighted by molar-refractivity contribution is 5.79. The summed E-state index contributed by atoms with van der Waals surface area (Å²) in [5.41, 5.74) is 0.733. The van der Waals surface area contributed by atoms with Crippen LogP contribution >= 0.6 is 0 Å². The smallest absolute Gasteiger partial charge is 0.224 e. The molecular weight excluding hydrogens is 326 g/mol. The van der Waals surface area contributed by atoms with Gasteiger partial charge in [-0.15, -0.1) is 0 Å². The van der Waals surface area contributed by atoms with Gasteiger partial charge in [0.1, 0.15) is 0 Å². The van der Waals surface area contributed by atoms with Crippen LogP contribution in [0.1, 0.15) is 51.9 Å². The Morgan fingerprint density at radius 1 is 1.12 bits per heavy atom. The molecule has 0 N–H and O–H groups in total. The largest absolute Gasteiger partial charge is 0.337 e. The van der Waals surface area contributed by atoms with E-state index < -0.39 is 0 Å². The summed E-state index contributed by atoms with van der Waals surface area (Å²) in [6.45, 7) is 2.83. The molecule has 1 heterocycles. The topological polar surface area (TPSA) is 55.2 Å². The molecule has 0 spiro atoms. The Hall–Kier alpha value is -2.17. The van der Waals surface area contributed by atoms with Crippen LogP contribution in [-0.2, 0) is 11.3 Å². The average Bonchev–Trinajstić information content (AvgIpc) is 3.48. The minimum absolute atomic E-state index is 0.0703. The summed E-state index contributed by atoms with van der Waals surface area (Å²) in [5, 5.41) is 4.92. The molecule has 0 atom stereocenters. The van der Waals surface area contributed by atoms with Crippen LogP contribution in [0, 0.1) is 5.92 Å². The number of rotatable bonds is 5. The second-order valence-electron chi connectivity index (χ2n) is 7.94. The molecule has 2 fully saturated rings. The van der Waals surface area contributed by atoms with E-state index in [0.29, 0.717) is 30.4 Å². The molecule has 0 bridgehead atoms. The summed E-state index contributed by atoms with van der Waals surface area (Å²) in [7, 11) is 0. The van der Waals surface area contributed by atoms with E-state index in [1.165, 1.54) is 19.0 Å². The summed E-state index contributed by atoms with van der Waals surface area (Å²) < 4.78 is 1.79. The summed E-state index contributed by atoms with van der Waals surface area (Å²) in [6.07, 6.45) is 8.84. The molecule has 26 heavy (non-hydrogen) atoms. The first-order chi connectivity index (χ1) is 12.6. The number of carbonyl (C=O) groups is 1. The van der Waals surface area contributed by atoms with Crippen molar-refractivity contribution in [2.24, 2.45) is 5.92 Å². The molecule has 138 valence electrons. The minimum atomic E-state index is -0.0703. The van der Waals surface area contributed by atoms with E-state index in [1.54, 1.807) is 4.68 Å². The zero-order valence-electron chi connectivity index (χ0n) is 15.4. The lowest BCUT2D eigenvalue weighted by atomic mass is 9.86. The van der Waals surface area contributed by atoms with E-state index in [4.69, 9.17) is 0 Å². The number of nitrogens with zero attached hydrogens (tertiary/aromatic N) is 3. The molecular formula is C21H27N3O2. The van der Waals surface area contributed by atoms with Crippen molar-refractivity contribution in [1.82, 2.24) is 14.7 Å². The number of carbonyl (C=O) groups excluding carboxylic acids is 1. The van der Waals surface area contributed by atoms with Crippen molar-refractivity contribution >= 4 is 16.8 Å². The monoisotopic (exact) mass is 353 g/mol. The molecule has 5 nitrogen and oxygen atoms in total. The van der Waals surface area contributed by atoms with E-state index >= 15 is 0 Å². The van der Waals surface area contributed by atoms with Crippen LogP contribution in [0.15, 0.2) is 35.3 Å². The molecule has 5 heteroatoms. The Labute approximate surface area is 154 Å². The Kier molecular flexibility index (Phi) is 4.79. The van der Waals surface area contributed by atoms with Crippen LogP contribution in [0.4, 0.5) is 0 Å². The summed E-state index contributed by atoms with van der Waals surface area (Å²) >= 11 is 0. The normalized spacial score (nSPS) is 23.1. The zero-order chi connectivity index (χ0) is 18.1. The van der Waals surface area contributed by atoms with Crippen molar-refractivity contribution in [3.8, 4) is 0 Å². The molecule has 2 saturated carbocycles. The highest BCUT2D eigenvalue weighted by Crippen LogP contribution is 2.35. The molecule has 0 unspecified atom stereocenters. The lowest BCUT2D eigenvalue weighted by Gasteiger charge is -2.36. The fraction of sp³-hybridized carbons (Fsp3) is 0.571. The highest BCUT2D eigenvalue weighted by atomic mass is 16.2. The van der Waals surface area contributed by atoms with Gasteiger partial charge in [-0.05, 0) is 56.6 Å². The summed E-state index contributed by atoms with van der Waals surface area (Å²) in [5.74, 6) is 1.04. The number of fused-ring (bicyclic) bond motifs is 1. The van der Waals surface area contributed by atoms with Crippen LogP contribution in [0.5, 0.6) is 0 Å². The summed E-state index contributed by atoms with van der Waals surface area (Å²) in [6, 6.07) is 8.36. The highest BCUT2D eigenvalue weighted by Gasteiger charge is 2.38. The van der Waals surface area contributed by atoms with Crippen LogP contribution < -0.4 is 5.43 Å². The maximum absolute atomic E-state index is 13.0. The predicted octanol–water partition coefficient (Wildman–Crippen LogP) is 3.36. The van der Waals surface area contributed by atoms with Crippen LogP contribution in [-0.4, -0.2) is 32.7 Å². The first-order valence-electron chi connectivity index (χ1n) is 9.89. The number of hydrogen-bond donors (Lipinski definition) is 0. The maximum atomic E-state index is 13.0. The first kappa shape index (κ1) is 17.3. The van der Waals surface area contributed by atoms with Gasteiger partial charge in [0.25, 0.3) is 0 Å². The Bertz CT molecular complexity index is 848. The van der Waals surface area contributed by atoms with Gasteiger partial charge in [0.2, 0.25) is 11.3 Å². The van der Waals surface area contributed by atoms with Crippen molar-refractivity contribution in [3.05, 3.63) is 40.7 Å². The van der Waals surface area contributed by atoms with Gasteiger partial charge < -0.3 is 4.90 Å². The number of benzene rings is 1. The quantitative estimate of drug-likeness (QED) is 0.828. The molecule has 0 saturated heterocycles. The Morgan fingerprint density at radius 2 is 1.77 bits per heavy atom. The number of amides is 1. The van der Waals surface area contributed by atoms with E-state index in [1.807, 2.05) is 24.3 Å². The first-order valence-corrected chi connectivity index (χ1v) is 9.89. The average molecular weight is 353 g/mol. The van der Waals surface area contributed by atoms with Gasteiger partial charge in [0.15, 0.2) is 0 Å². The third-order valence-electron chi connectivity index (χ3n) is 5.91. The van der Waals surface area contributed by atoms with Gasteiger partial charge in [-0.1, -0.05) is 19.1 Å². The van der Waals surface area contributed by atoms with Crippen molar-refractivity contribution < 1.29 is 4.79 Å². The summed E-state index contributed by atoms with van der Waals surface area (Å²) in [4.78, 5) is 27.2. The molecule has 2 aromatic rings. The SMILES string of the molecule is CC1CCC(N(C(=O)CCn2ncc(=O)c3ccccc32)C2CC2)CC1. The van der Waals surface area contributed by atoms with Crippen molar-refractivity contribution in [2.75, 3.05) is 0 Å². The fourth-order valence-corrected chi connectivity index (χ4v) is 4.25. The van der Waals surface area contributed by atoms with Crippen LogP contribution in [0.25, 0.3) is 10.9 Å². The zero-order valence-corrected chi connectivity index (χ0v) is 15.4. The molecule has 1 amide bonds. The van der Waals surface area contributed by atoms with Crippen molar-refractivity contribution in [3.63, 3.8) is 0 Å². The van der Waals surface area contributed by atoms with Crippen molar-refractivity contribution in [2.45, 2.75) is 70.5 Å². The van der Waals surface area contributed by atoms with Crippen LogP contribution in [0.2, 0.25) is 0 Å². The number of hydrogen-bond acceptors (Lipinski definition) is 3. The molecule has 2 aliphatic carbocycles. The van der Waals surface area contributed by atoms with Gasteiger partial charge in [-0.3, -0.25) is 14.3 Å². The number of para-hydroxylation sites is 1. The van der Waals surface area contributed by atoms with Gasteiger partial charge in [0, 0.05) is 23.9 Å². The Morgan fingerprint density at radius 3 is 2.46 bits per heavy atom. The van der Waals surface area contributed by atoms with Crippen LogP contribution in [0.3, 0.4) is 0 Å².